The lowest BCUT2D eigenvalue weighted by Gasteiger charge is -2.29. The van der Waals surface area contributed by atoms with Crippen LogP contribution in [0.3, 0.4) is 0 Å². The molecule has 0 aromatic carbocycles. The van der Waals surface area contributed by atoms with Crippen molar-refractivity contribution in [2.45, 2.75) is 76.7 Å². The molecule has 0 amide bonds. The van der Waals surface area contributed by atoms with Crippen molar-refractivity contribution in [3.05, 3.63) is 0 Å². The Hall–Kier alpha value is 0.0169. The largest absolute Gasteiger partial charge is 0.414 e. The van der Waals surface area contributed by atoms with Crippen LogP contribution >= 0.6 is 0 Å². The van der Waals surface area contributed by atoms with Crippen LogP contribution in [-0.2, 0) is 18.6 Å². The molecule has 5 nitrogen and oxygen atoms in total. The Bertz CT molecular complexity index is 331. The van der Waals surface area contributed by atoms with Crippen molar-refractivity contribution in [2.24, 2.45) is 0 Å². The molecule has 0 aromatic rings. The van der Waals surface area contributed by atoms with Crippen molar-refractivity contribution in [3.63, 3.8) is 0 Å². The highest BCUT2D eigenvalue weighted by atomic mass is 28.4. The summed E-state index contributed by atoms with van der Waals surface area (Å²) in [4.78, 5) is 0. The summed E-state index contributed by atoms with van der Waals surface area (Å²) in [7, 11) is -1.71. The molecule has 4 atom stereocenters. The second-order valence-electron chi connectivity index (χ2n) is 6.70. The normalized spacial score (nSPS) is 37.9. The van der Waals surface area contributed by atoms with Gasteiger partial charge in [0.2, 0.25) is 0 Å². The summed E-state index contributed by atoms with van der Waals surface area (Å²) in [6, 6.07) is 0. The van der Waals surface area contributed by atoms with Crippen molar-refractivity contribution < 1.29 is 23.7 Å². The van der Waals surface area contributed by atoms with Gasteiger partial charge in [0, 0.05) is 0 Å². The van der Waals surface area contributed by atoms with Crippen LogP contribution in [-0.4, -0.2) is 50.4 Å². The van der Waals surface area contributed by atoms with E-state index in [1.807, 2.05) is 13.8 Å². The highest BCUT2D eigenvalue weighted by molar-refractivity contribution is 6.72. The topological polar surface area (TPSA) is 57.2 Å². The maximum atomic E-state index is 9.87. The first kappa shape index (κ1) is 15.4. The molecule has 0 aromatic heterocycles. The number of aliphatic hydroxyl groups excluding tert-OH is 1. The molecule has 6 heteroatoms. The maximum Gasteiger partial charge on any atom is 0.189 e. The van der Waals surface area contributed by atoms with Crippen molar-refractivity contribution in [1.29, 1.82) is 0 Å². The number of fused-ring (bicyclic) bond motifs is 1. The molecular weight excluding hydrogens is 264 g/mol. The Morgan fingerprint density at radius 3 is 2.37 bits per heavy atom. The Morgan fingerprint density at radius 2 is 1.79 bits per heavy atom. The minimum absolute atomic E-state index is 0.248. The first-order valence-electron chi connectivity index (χ1n) is 6.95. The monoisotopic (exact) mass is 290 g/mol. The smallest absolute Gasteiger partial charge is 0.189 e. The van der Waals surface area contributed by atoms with Crippen molar-refractivity contribution in [3.8, 4) is 0 Å². The van der Waals surface area contributed by atoms with E-state index in [4.69, 9.17) is 18.6 Å². The molecular formula is C13H26O5Si. The fourth-order valence-electron chi connectivity index (χ4n) is 2.26. The van der Waals surface area contributed by atoms with Crippen LogP contribution in [0.4, 0.5) is 0 Å². The van der Waals surface area contributed by atoms with Gasteiger partial charge < -0.3 is 23.7 Å². The van der Waals surface area contributed by atoms with Gasteiger partial charge in [-0.3, -0.25) is 0 Å². The number of ether oxygens (including phenoxy) is 3. The molecule has 1 N–H and O–H groups in total. The SMILES string of the molecule is CC(C)[Si](C)(C)OCC1OC(O)C2OC(C)(C)OC12. The van der Waals surface area contributed by atoms with Crippen molar-refractivity contribution in [2.75, 3.05) is 6.61 Å². The van der Waals surface area contributed by atoms with E-state index in [0.717, 1.165) is 0 Å². The molecule has 2 rings (SSSR count). The Balaban J connectivity index is 1.95. The van der Waals surface area contributed by atoms with Gasteiger partial charge in [-0.1, -0.05) is 13.8 Å². The average Bonchev–Trinajstić information content (AvgIpc) is 2.72. The summed E-state index contributed by atoms with van der Waals surface area (Å²) in [5.74, 6) is -0.663. The standard InChI is InChI=1S/C13H26O5Si/c1-8(2)19(5,6)15-7-9-10-11(12(14)16-9)18-13(3,4)17-10/h8-12,14H,7H2,1-6H3. The van der Waals surface area contributed by atoms with Crippen molar-refractivity contribution >= 4 is 8.32 Å². The molecule has 0 radical (unpaired) electrons. The quantitative estimate of drug-likeness (QED) is 0.801. The van der Waals surface area contributed by atoms with Gasteiger partial charge in [-0.15, -0.1) is 0 Å². The van der Waals surface area contributed by atoms with E-state index >= 15 is 0 Å². The molecule has 0 aliphatic carbocycles. The third kappa shape index (κ3) is 3.20. The Morgan fingerprint density at radius 1 is 1.21 bits per heavy atom. The highest BCUT2D eigenvalue weighted by Crippen LogP contribution is 2.38. The number of rotatable bonds is 4. The fourth-order valence-corrected chi connectivity index (χ4v) is 3.18. The van der Waals surface area contributed by atoms with Gasteiger partial charge in [-0.25, -0.2) is 0 Å². The van der Waals surface area contributed by atoms with E-state index in [1.165, 1.54) is 0 Å². The lowest BCUT2D eigenvalue weighted by Crippen LogP contribution is -2.40. The van der Waals surface area contributed by atoms with Gasteiger partial charge in [0.1, 0.15) is 18.3 Å². The van der Waals surface area contributed by atoms with E-state index in [9.17, 15) is 5.11 Å². The zero-order chi connectivity index (χ0) is 14.4. The van der Waals surface area contributed by atoms with Crippen LogP contribution < -0.4 is 0 Å². The van der Waals surface area contributed by atoms with Crippen LogP contribution in [0, 0.1) is 0 Å². The summed E-state index contributed by atoms with van der Waals surface area (Å²) in [6.45, 7) is 12.9. The van der Waals surface area contributed by atoms with Gasteiger partial charge in [0.15, 0.2) is 20.4 Å². The summed E-state index contributed by atoms with van der Waals surface area (Å²) in [5.41, 5.74) is 0.534. The molecule has 2 fully saturated rings. The molecule has 2 saturated heterocycles. The summed E-state index contributed by atoms with van der Waals surface area (Å²) < 4.78 is 23.0. The number of hydrogen-bond acceptors (Lipinski definition) is 5. The summed E-state index contributed by atoms with van der Waals surface area (Å²) >= 11 is 0. The predicted molar refractivity (Wildman–Crippen MR) is 73.2 cm³/mol. The Labute approximate surface area is 116 Å². The fraction of sp³-hybridized carbons (Fsp3) is 1.00. The van der Waals surface area contributed by atoms with Crippen molar-refractivity contribution in [1.82, 2.24) is 0 Å². The van der Waals surface area contributed by atoms with E-state index in [0.29, 0.717) is 12.1 Å². The van der Waals surface area contributed by atoms with Crippen LogP contribution in [0.1, 0.15) is 27.7 Å². The van der Waals surface area contributed by atoms with E-state index < -0.39 is 26.5 Å². The summed E-state index contributed by atoms with van der Waals surface area (Å²) in [6.07, 6.45) is -1.84. The first-order chi connectivity index (χ1) is 8.62. The van der Waals surface area contributed by atoms with E-state index in [-0.39, 0.29) is 12.2 Å². The maximum absolute atomic E-state index is 9.87. The van der Waals surface area contributed by atoms with Crippen LogP contribution in [0.25, 0.3) is 0 Å². The average molecular weight is 290 g/mol. The van der Waals surface area contributed by atoms with Gasteiger partial charge >= 0.3 is 0 Å². The number of hydrogen-bond donors (Lipinski definition) is 1. The van der Waals surface area contributed by atoms with Gasteiger partial charge in [0.25, 0.3) is 0 Å². The minimum Gasteiger partial charge on any atom is -0.414 e. The predicted octanol–water partition coefficient (Wildman–Crippen LogP) is 1.86. The third-order valence-electron chi connectivity index (χ3n) is 4.14. The second-order valence-corrected chi connectivity index (χ2v) is 11.3. The van der Waals surface area contributed by atoms with Crippen LogP contribution in [0.2, 0.25) is 18.6 Å². The van der Waals surface area contributed by atoms with E-state index in [1.54, 1.807) is 0 Å². The molecule has 0 bridgehead atoms. The lowest BCUT2D eigenvalue weighted by atomic mass is 10.1. The first-order valence-corrected chi connectivity index (χ1v) is 9.94. The zero-order valence-corrected chi connectivity index (χ0v) is 13.7. The lowest BCUT2D eigenvalue weighted by molar-refractivity contribution is -0.222. The molecule has 0 spiro atoms. The minimum atomic E-state index is -1.71. The van der Waals surface area contributed by atoms with E-state index in [2.05, 4.69) is 26.9 Å². The Kier molecular flexibility index (Phi) is 4.13. The molecule has 2 aliphatic rings. The number of aliphatic hydroxyl groups is 1. The third-order valence-corrected chi connectivity index (χ3v) is 7.83. The van der Waals surface area contributed by atoms with Gasteiger partial charge in [-0.05, 0) is 32.5 Å². The molecule has 0 saturated carbocycles. The van der Waals surface area contributed by atoms with Gasteiger partial charge in [0.05, 0.1) is 6.61 Å². The second kappa shape index (κ2) is 5.09. The zero-order valence-electron chi connectivity index (χ0n) is 12.7. The van der Waals surface area contributed by atoms with Crippen LogP contribution in [0.15, 0.2) is 0 Å². The van der Waals surface area contributed by atoms with Gasteiger partial charge in [-0.2, -0.15) is 0 Å². The molecule has 2 aliphatic heterocycles. The summed E-state index contributed by atoms with van der Waals surface area (Å²) in [5, 5.41) is 9.87. The highest BCUT2D eigenvalue weighted by Gasteiger charge is 2.55. The molecule has 2 heterocycles. The molecule has 19 heavy (non-hydrogen) atoms. The van der Waals surface area contributed by atoms with Crippen LogP contribution in [0.5, 0.6) is 0 Å². The molecule has 4 unspecified atom stereocenters. The molecule has 112 valence electrons.